The Hall–Kier alpha value is -1.97. The minimum Gasteiger partial charge on any atom is -0.300 e. The first kappa shape index (κ1) is 18.4. The highest BCUT2D eigenvalue weighted by atomic mass is 19.1. The number of nitrogens with zero attached hydrogens (tertiary/aromatic N) is 2. The maximum absolute atomic E-state index is 13.1. The van der Waals surface area contributed by atoms with E-state index in [1.165, 1.54) is 36.9 Å². The van der Waals surface area contributed by atoms with Crippen molar-refractivity contribution >= 4 is 0 Å². The van der Waals surface area contributed by atoms with Crippen LogP contribution in [0.2, 0.25) is 0 Å². The van der Waals surface area contributed by atoms with E-state index in [-0.39, 0.29) is 5.82 Å². The molecule has 0 unspecified atom stereocenters. The molecule has 0 aromatic heterocycles. The summed E-state index contributed by atoms with van der Waals surface area (Å²) in [5.74, 6) is 0.447. The van der Waals surface area contributed by atoms with Gasteiger partial charge in [0.2, 0.25) is 0 Å². The molecule has 2 aliphatic rings. The average Bonchev–Trinajstić information content (AvgIpc) is 3.16. The average molecular weight is 365 g/mol. The first-order valence-electron chi connectivity index (χ1n) is 10.2. The quantitative estimate of drug-likeness (QED) is 0.701. The molecule has 0 spiro atoms. The normalized spacial score (nSPS) is 21.1. The Kier molecular flexibility index (Phi) is 6.00. The van der Waals surface area contributed by atoms with Crippen molar-refractivity contribution in [3.63, 3.8) is 0 Å². The van der Waals surface area contributed by atoms with Gasteiger partial charge < -0.3 is 0 Å². The van der Waals surface area contributed by atoms with Crippen molar-refractivity contribution in [3.05, 3.63) is 83.2 Å². The fraction of sp³-hybridized carbons (Fsp3) is 0.417. The molecule has 2 heterocycles. The molecule has 0 radical (unpaired) electrons. The zero-order chi connectivity index (χ0) is 18.5. The molecule has 0 bridgehead atoms. The summed E-state index contributed by atoms with van der Waals surface area (Å²) in [6.07, 6.45) is 6.02. The fourth-order valence-electron chi connectivity index (χ4n) is 4.33. The molecule has 2 aromatic carbocycles. The fourth-order valence-corrected chi connectivity index (χ4v) is 4.33. The summed E-state index contributed by atoms with van der Waals surface area (Å²) in [5, 5.41) is 0. The molecule has 27 heavy (non-hydrogen) atoms. The minimum atomic E-state index is -0.138. The van der Waals surface area contributed by atoms with Gasteiger partial charge in [-0.25, -0.2) is 4.39 Å². The van der Waals surface area contributed by atoms with Crippen LogP contribution >= 0.6 is 0 Å². The third-order valence-corrected chi connectivity index (χ3v) is 5.99. The van der Waals surface area contributed by atoms with Gasteiger partial charge in [0.1, 0.15) is 5.82 Å². The molecule has 0 N–H and O–H groups in total. The van der Waals surface area contributed by atoms with E-state index in [1.54, 1.807) is 17.7 Å². The number of piperidine rings is 1. The number of benzene rings is 2. The van der Waals surface area contributed by atoms with E-state index in [1.807, 2.05) is 12.1 Å². The Bertz CT molecular complexity index is 746. The maximum Gasteiger partial charge on any atom is 0.123 e. The Balaban J connectivity index is 1.22. The van der Waals surface area contributed by atoms with Gasteiger partial charge in [0.05, 0.1) is 0 Å². The summed E-state index contributed by atoms with van der Waals surface area (Å²) in [5.41, 5.74) is 4.29. The van der Waals surface area contributed by atoms with Gasteiger partial charge in [-0.15, -0.1) is 0 Å². The van der Waals surface area contributed by atoms with E-state index in [4.69, 9.17) is 0 Å². The minimum absolute atomic E-state index is 0.138. The highest BCUT2D eigenvalue weighted by molar-refractivity contribution is 5.21. The van der Waals surface area contributed by atoms with Crippen LogP contribution in [-0.4, -0.2) is 42.5 Å². The van der Waals surface area contributed by atoms with Crippen molar-refractivity contribution in [1.29, 1.82) is 0 Å². The third kappa shape index (κ3) is 5.06. The molecular weight excluding hydrogens is 335 g/mol. The van der Waals surface area contributed by atoms with Crippen LogP contribution in [0.5, 0.6) is 0 Å². The number of hydrogen-bond donors (Lipinski definition) is 0. The molecule has 3 heteroatoms. The zero-order valence-corrected chi connectivity index (χ0v) is 16.0. The van der Waals surface area contributed by atoms with Crippen LogP contribution in [0.15, 0.2) is 66.2 Å². The molecule has 2 fully saturated rings. The molecule has 2 nitrogen and oxygen atoms in total. The van der Waals surface area contributed by atoms with Gasteiger partial charge >= 0.3 is 0 Å². The predicted octanol–water partition coefficient (Wildman–Crippen LogP) is 4.84. The van der Waals surface area contributed by atoms with E-state index in [9.17, 15) is 4.39 Å². The molecule has 0 aliphatic carbocycles. The van der Waals surface area contributed by atoms with Crippen LogP contribution in [0.4, 0.5) is 4.39 Å². The molecule has 0 amide bonds. The van der Waals surface area contributed by atoms with Crippen molar-refractivity contribution in [2.75, 3.05) is 32.7 Å². The Morgan fingerprint density at radius 1 is 0.889 bits per heavy atom. The van der Waals surface area contributed by atoms with Crippen molar-refractivity contribution in [2.45, 2.75) is 31.7 Å². The molecule has 2 saturated heterocycles. The van der Waals surface area contributed by atoms with E-state index >= 15 is 0 Å². The number of hydrogen-bond acceptors (Lipinski definition) is 2. The number of rotatable bonds is 5. The van der Waals surface area contributed by atoms with Crippen molar-refractivity contribution in [2.24, 2.45) is 0 Å². The summed E-state index contributed by atoms with van der Waals surface area (Å²) >= 11 is 0. The molecule has 4 rings (SSSR count). The topological polar surface area (TPSA) is 6.48 Å². The van der Waals surface area contributed by atoms with Gasteiger partial charge in [0.15, 0.2) is 0 Å². The van der Waals surface area contributed by atoms with Crippen LogP contribution in [0, 0.1) is 5.82 Å². The maximum atomic E-state index is 13.1. The van der Waals surface area contributed by atoms with Gasteiger partial charge in [0.25, 0.3) is 0 Å². The van der Waals surface area contributed by atoms with Crippen molar-refractivity contribution in [3.8, 4) is 0 Å². The Labute approximate surface area is 162 Å². The van der Waals surface area contributed by atoms with Gasteiger partial charge in [0, 0.05) is 26.2 Å². The number of halogens is 1. The predicted molar refractivity (Wildman–Crippen MR) is 109 cm³/mol. The zero-order valence-electron chi connectivity index (χ0n) is 16.0. The first-order valence-corrected chi connectivity index (χ1v) is 10.2. The van der Waals surface area contributed by atoms with E-state index in [0.29, 0.717) is 5.92 Å². The summed E-state index contributed by atoms with van der Waals surface area (Å²) < 4.78 is 13.1. The van der Waals surface area contributed by atoms with Crippen molar-refractivity contribution < 1.29 is 4.39 Å². The van der Waals surface area contributed by atoms with Crippen LogP contribution < -0.4 is 0 Å². The second kappa shape index (κ2) is 8.81. The van der Waals surface area contributed by atoms with Crippen molar-refractivity contribution in [1.82, 2.24) is 9.80 Å². The third-order valence-electron chi connectivity index (χ3n) is 5.99. The number of likely N-dealkylation sites (tertiary alicyclic amines) is 2. The van der Waals surface area contributed by atoms with Crippen LogP contribution in [0.1, 0.15) is 36.3 Å². The van der Waals surface area contributed by atoms with Crippen LogP contribution in [0.25, 0.3) is 0 Å². The lowest BCUT2D eigenvalue weighted by molar-refractivity contribution is 0.232. The van der Waals surface area contributed by atoms with Gasteiger partial charge in [-0.2, -0.15) is 0 Å². The first-order chi connectivity index (χ1) is 13.3. The summed E-state index contributed by atoms with van der Waals surface area (Å²) in [7, 11) is 0. The Morgan fingerprint density at radius 3 is 2.37 bits per heavy atom. The van der Waals surface area contributed by atoms with E-state index in [0.717, 1.165) is 32.7 Å². The standard InChI is InChI=1S/C24H29FN2/c25-24-8-6-22(7-9-24)23-12-16-26(17-13-23)14-10-21-11-15-27(19-21)18-20-4-2-1-3-5-20/h1-10,23H,11-19H2. The van der Waals surface area contributed by atoms with Crippen LogP contribution in [-0.2, 0) is 6.54 Å². The monoisotopic (exact) mass is 364 g/mol. The van der Waals surface area contributed by atoms with Gasteiger partial charge in [-0.05, 0) is 61.5 Å². The SMILES string of the molecule is Fc1ccc(C2CCN(CC=C3CCN(Cc4ccccc4)C3)CC2)cc1. The van der Waals surface area contributed by atoms with Gasteiger partial charge in [-0.3, -0.25) is 9.80 Å². The van der Waals surface area contributed by atoms with E-state index < -0.39 is 0 Å². The van der Waals surface area contributed by atoms with E-state index in [2.05, 4.69) is 46.2 Å². The second-order valence-corrected chi connectivity index (χ2v) is 7.94. The molecule has 142 valence electrons. The molecule has 0 atom stereocenters. The summed E-state index contributed by atoms with van der Waals surface area (Å²) in [4.78, 5) is 5.11. The molecular formula is C24H29FN2. The highest BCUT2D eigenvalue weighted by Gasteiger charge is 2.21. The molecule has 2 aliphatic heterocycles. The van der Waals surface area contributed by atoms with Crippen LogP contribution in [0.3, 0.4) is 0 Å². The lowest BCUT2D eigenvalue weighted by Gasteiger charge is -2.31. The molecule has 0 saturated carbocycles. The summed E-state index contributed by atoms with van der Waals surface area (Å²) in [6.45, 7) is 6.69. The lowest BCUT2D eigenvalue weighted by atomic mass is 9.89. The largest absolute Gasteiger partial charge is 0.300 e. The Morgan fingerprint density at radius 2 is 1.63 bits per heavy atom. The smallest absolute Gasteiger partial charge is 0.123 e. The molecule has 2 aromatic rings. The highest BCUT2D eigenvalue weighted by Crippen LogP contribution is 2.28. The lowest BCUT2D eigenvalue weighted by Crippen LogP contribution is -2.33. The second-order valence-electron chi connectivity index (χ2n) is 7.94. The van der Waals surface area contributed by atoms with Gasteiger partial charge in [-0.1, -0.05) is 54.1 Å². The summed E-state index contributed by atoms with van der Waals surface area (Å²) in [6, 6.07) is 17.9.